The molecule has 4 aromatic rings. The summed E-state index contributed by atoms with van der Waals surface area (Å²) in [6.07, 6.45) is 2.14. The lowest BCUT2D eigenvalue weighted by Gasteiger charge is -2.09. The minimum atomic E-state index is -0.194. The van der Waals surface area contributed by atoms with Crippen LogP contribution in [0.2, 0.25) is 0 Å². The highest BCUT2D eigenvalue weighted by atomic mass is 16.1. The molecule has 4 rings (SSSR count). The molecule has 2 aromatic carbocycles. The van der Waals surface area contributed by atoms with Crippen LogP contribution in [0.5, 0.6) is 0 Å². The lowest BCUT2D eigenvalue weighted by atomic mass is 10.0. The molecule has 0 aliphatic heterocycles. The number of benzene rings is 2. The van der Waals surface area contributed by atoms with E-state index in [0.717, 1.165) is 5.56 Å². The summed E-state index contributed by atoms with van der Waals surface area (Å²) in [5, 5.41) is 0. The number of fused-ring (bicyclic) bond motifs is 1. The first-order valence-corrected chi connectivity index (χ1v) is 8.06. The Labute approximate surface area is 144 Å². The fraction of sp³-hybridized carbons (Fsp3) is 0.105. The van der Waals surface area contributed by atoms with Gasteiger partial charge in [-0.3, -0.25) is 9.36 Å². The molecular formula is C19H17N5O. The summed E-state index contributed by atoms with van der Waals surface area (Å²) < 4.78 is 1.48. The SMILES string of the molecule is Nc1nc2nc[nH]c2c(=O)n1CCc1ccc(-c2ccccc2)cc1. The number of nitrogens with two attached hydrogens (primary N) is 1. The van der Waals surface area contributed by atoms with Crippen molar-refractivity contribution in [1.29, 1.82) is 0 Å². The normalized spacial score (nSPS) is 11.0. The minimum absolute atomic E-state index is 0.186. The van der Waals surface area contributed by atoms with Crippen molar-refractivity contribution >= 4 is 17.1 Å². The smallest absolute Gasteiger partial charge is 0.280 e. The van der Waals surface area contributed by atoms with Gasteiger partial charge in [-0.2, -0.15) is 4.98 Å². The summed E-state index contributed by atoms with van der Waals surface area (Å²) in [7, 11) is 0. The third-order valence-electron chi connectivity index (χ3n) is 4.26. The van der Waals surface area contributed by atoms with Gasteiger partial charge in [-0.25, -0.2) is 4.98 Å². The number of nitrogens with one attached hydrogen (secondary N) is 1. The quantitative estimate of drug-likeness (QED) is 0.601. The number of rotatable bonds is 4. The molecule has 0 aliphatic rings. The van der Waals surface area contributed by atoms with Crippen LogP contribution in [0, 0.1) is 0 Å². The van der Waals surface area contributed by atoms with E-state index < -0.39 is 0 Å². The van der Waals surface area contributed by atoms with Gasteiger partial charge >= 0.3 is 0 Å². The standard InChI is InChI=1S/C19H17N5O/c20-19-23-17-16(21-12-22-17)18(25)24(19)11-10-13-6-8-15(9-7-13)14-4-2-1-3-5-14/h1-9,12H,10-11H2,(H2,20,23)(H,21,22). The molecule has 25 heavy (non-hydrogen) atoms. The van der Waals surface area contributed by atoms with Crippen LogP contribution in [0.1, 0.15) is 5.56 Å². The molecule has 0 saturated carbocycles. The number of H-pyrrole nitrogens is 1. The van der Waals surface area contributed by atoms with Crippen molar-refractivity contribution in [3.63, 3.8) is 0 Å². The fourth-order valence-electron chi connectivity index (χ4n) is 2.89. The van der Waals surface area contributed by atoms with Gasteiger partial charge in [0.1, 0.15) is 0 Å². The van der Waals surface area contributed by atoms with E-state index in [-0.39, 0.29) is 11.5 Å². The number of hydrogen-bond donors (Lipinski definition) is 2. The van der Waals surface area contributed by atoms with E-state index in [4.69, 9.17) is 5.73 Å². The van der Waals surface area contributed by atoms with E-state index in [0.29, 0.717) is 24.1 Å². The number of nitrogen functional groups attached to an aromatic ring is 1. The molecule has 0 radical (unpaired) electrons. The number of aromatic nitrogens is 4. The zero-order valence-electron chi connectivity index (χ0n) is 13.5. The lowest BCUT2D eigenvalue weighted by Crippen LogP contribution is -2.25. The van der Waals surface area contributed by atoms with Gasteiger partial charge in [0.2, 0.25) is 5.95 Å². The maximum absolute atomic E-state index is 12.4. The number of aryl methyl sites for hydroxylation is 1. The van der Waals surface area contributed by atoms with Crippen LogP contribution in [0.25, 0.3) is 22.3 Å². The Balaban J connectivity index is 1.55. The van der Waals surface area contributed by atoms with Gasteiger partial charge in [0, 0.05) is 6.54 Å². The van der Waals surface area contributed by atoms with Gasteiger partial charge in [0.25, 0.3) is 5.56 Å². The van der Waals surface area contributed by atoms with Crippen molar-refractivity contribution in [3.8, 4) is 11.1 Å². The van der Waals surface area contributed by atoms with Crippen molar-refractivity contribution in [2.45, 2.75) is 13.0 Å². The summed E-state index contributed by atoms with van der Waals surface area (Å²) >= 11 is 0. The second-order valence-electron chi connectivity index (χ2n) is 5.84. The first-order chi connectivity index (χ1) is 12.2. The molecular weight excluding hydrogens is 314 g/mol. The molecule has 6 heteroatoms. The summed E-state index contributed by atoms with van der Waals surface area (Å²) in [6, 6.07) is 18.6. The molecule has 3 N–H and O–H groups in total. The molecule has 0 spiro atoms. The summed E-state index contributed by atoms with van der Waals surface area (Å²) in [4.78, 5) is 23.4. The molecule has 2 heterocycles. The summed E-state index contributed by atoms with van der Waals surface area (Å²) in [6.45, 7) is 0.470. The molecule has 0 amide bonds. The van der Waals surface area contributed by atoms with Crippen molar-refractivity contribution in [1.82, 2.24) is 19.5 Å². The largest absolute Gasteiger partial charge is 0.369 e. The fourth-order valence-corrected chi connectivity index (χ4v) is 2.89. The van der Waals surface area contributed by atoms with Crippen LogP contribution in [-0.2, 0) is 13.0 Å². The second kappa shape index (κ2) is 6.24. The van der Waals surface area contributed by atoms with E-state index in [1.165, 1.54) is 22.0 Å². The molecule has 0 saturated heterocycles. The first-order valence-electron chi connectivity index (χ1n) is 8.06. The third-order valence-corrected chi connectivity index (χ3v) is 4.26. The average molecular weight is 331 g/mol. The minimum Gasteiger partial charge on any atom is -0.369 e. The first kappa shape index (κ1) is 15.1. The molecule has 124 valence electrons. The summed E-state index contributed by atoms with van der Waals surface area (Å²) in [5.74, 6) is 0.186. The van der Waals surface area contributed by atoms with Crippen molar-refractivity contribution < 1.29 is 0 Å². The van der Waals surface area contributed by atoms with Crippen molar-refractivity contribution in [3.05, 3.63) is 76.8 Å². The van der Waals surface area contributed by atoms with Crippen LogP contribution in [-0.4, -0.2) is 19.5 Å². The highest BCUT2D eigenvalue weighted by Crippen LogP contribution is 2.19. The number of imidazole rings is 1. The number of hydrogen-bond acceptors (Lipinski definition) is 4. The predicted molar refractivity (Wildman–Crippen MR) is 98.1 cm³/mol. The monoisotopic (exact) mass is 331 g/mol. The van der Waals surface area contributed by atoms with Gasteiger partial charge in [-0.05, 0) is 23.1 Å². The Kier molecular flexibility index (Phi) is 3.78. The van der Waals surface area contributed by atoms with Crippen LogP contribution in [0.4, 0.5) is 5.95 Å². The molecule has 2 aromatic heterocycles. The van der Waals surface area contributed by atoms with Gasteiger partial charge in [0.15, 0.2) is 11.2 Å². The topological polar surface area (TPSA) is 89.6 Å². The van der Waals surface area contributed by atoms with E-state index in [1.54, 1.807) is 0 Å². The average Bonchev–Trinajstić information content (AvgIpc) is 3.11. The predicted octanol–water partition coefficient (Wildman–Crippen LogP) is 2.61. The molecule has 0 unspecified atom stereocenters. The Hall–Kier alpha value is -3.41. The Morgan fingerprint density at radius 2 is 1.72 bits per heavy atom. The molecule has 0 fully saturated rings. The van der Waals surface area contributed by atoms with Crippen LogP contribution in [0.15, 0.2) is 65.7 Å². The van der Waals surface area contributed by atoms with Crippen molar-refractivity contribution in [2.75, 3.05) is 5.73 Å². The molecule has 6 nitrogen and oxygen atoms in total. The second-order valence-corrected chi connectivity index (χ2v) is 5.84. The van der Waals surface area contributed by atoms with Gasteiger partial charge in [-0.15, -0.1) is 0 Å². The lowest BCUT2D eigenvalue weighted by molar-refractivity contribution is 0.673. The number of aromatic amines is 1. The van der Waals surface area contributed by atoms with Gasteiger partial charge in [-0.1, -0.05) is 54.6 Å². The molecule has 0 bridgehead atoms. The zero-order valence-corrected chi connectivity index (χ0v) is 13.5. The van der Waals surface area contributed by atoms with Crippen LogP contribution < -0.4 is 11.3 Å². The third kappa shape index (κ3) is 2.89. The van der Waals surface area contributed by atoms with Crippen LogP contribution >= 0.6 is 0 Å². The van der Waals surface area contributed by atoms with E-state index in [2.05, 4.69) is 51.4 Å². The van der Waals surface area contributed by atoms with E-state index >= 15 is 0 Å². The Morgan fingerprint density at radius 3 is 2.48 bits per heavy atom. The van der Waals surface area contributed by atoms with E-state index in [9.17, 15) is 4.79 Å². The summed E-state index contributed by atoms with van der Waals surface area (Å²) in [5.41, 5.74) is 9.94. The highest BCUT2D eigenvalue weighted by molar-refractivity contribution is 5.69. The molecule has 0 atom stereocenters. The Bertz CT molecular complexity index is 1060. The van der Waals surface area contributed by atoms with Gasteiger partial charge < -0.3 is 10.7 Å². The molecule has 0 aliphatic carbocycles. The van der Waals surface area contributed by atoms with Crippen LogP contribution in [0.3, 0.4) is 0 Å². The zero-order chi connectivity index (χ0) is 17.2. The maximum atomic E-state index is 12.4. The Morgan fingerprint density at radius 1 is 1.00 bits per heavy atom. The van der Waals surface area contributed by atoms with Gasteiger partial charge in [0.05, 0.1) is 6.33 Å². The number of anilines is 1. The highest BCUT2D eigenvalue weighted by Gasteiger charge is 2.10. The maximum Gasteiger partial charge on any atom is 0.280 e. The van der Waals surface area contributed by atoms with Crippen molar-refractivity contribution in [2.24, 2.45) is 0 Å². The van der Waals surface area contributed by atoms with E-state index in [1.807, 2.05) is 18.2 Å². The number of nitrogens with zero attached hydrogens (tertiary/aromatic N) is 3.